The maximum absolute atomic E-state index is 13.3. The monoisotopic (exact) mass is 414 g/mol. The van der Waals surface area contributed by atoms with E-state index in [2.05, 4.69) is 16.5 Å². The Labute approximate surface area is 162 Å². The van der Waals surface area contributed by atoms with Crippen LogP contribution in [0.25, 0.3) is 0 Å². The lowest BCUT2D eigenvalue weighted by molar-refractivity contribution is -0.898. The molecule has 28 heavy (non-hydrogen) atoms. The molecule has 1 heterocycles. The minimum atomic E-state index is -4.76. The number of anilines is 2. The van der Waals surface area contributed by atoms with Crippen LogP contribution in [-0.4, -0.2) is 41.1 Å². The number of nitrogens with one attached hydrogen (secondary N) is 2. The summed E-state index contributed by atoms with van der Waals surface area (Å²) in [5, 5.41) is 0. The average Bonchev–Trinajstić information content (AvgIpc) is 2.68. The van der Waals surface area contributed by atoms with Crippen molar-refractivity contribution in [2.45, 2.75) is 18.0 Å². The lowest BCUT2D eigenvalue weighted by atomic mass is 10.2. The van der Waals surface area contributed by atoms with Crippen molar-refractivity contribution in [1.29, 1.82) is 0 Å². The first-order valence-electron chi connectivity index (χ1n) is 9.09. The molecule has 0 amide bonds. The maximum Gasteiger partial charge on any atom is 0.417 e. The molecule has 1 aliphatic heterocycles. The summed E-state index contributed by atoms with van der Waals surface area (Å²) < 4.78 is 67.7. The van der Waals surface area contributed by atoms with Crippen LogP contribution >= 0.6 is 0 Å². The molecule has 0 saturated carbocycles. The Morgan fingerprint density at radius 1 is 1.04 bits per heavy atom. The number of benzene rings is 2. The molecule has 1 saturated heterocycles. The molecule has 0 bridgehead atoms. The second-order valence-electron chi connectivity index (χ2n) is 6.71. The number of piperazine rings is 1. The van der Waals surface area contributed by atoms with Crippen molar-refractivity contribution in [3.05, 3.63) is 54.1 Å². The highest BCUT2D eigenvalue weighted by Gasteiger charge is 2.37. The lowest BCUT2D eigenvalue weighted by Gasteiger charge is -2.34. The molecular weight excluding hydrogens is 391 g/mol. The van der Waals surface area contributed by atoms with E-state index in [1.807, 2.05) is 0 Å². The topological polar surface area (TPSA) is 53.9 Å². The van der Waals surface area contributed by atoms with Gasteiger partial charge in [0.25, 0.3) is 10.0 Å². The largest absolute Gasteiger partial charge is 0.417 e. The van der Waals surface area contributed by atoms with Crippen LogP contribution in [0.15, 0.2) is 53.4 Å². The predicted octanol–water partition coefficient (Wildman–Crippen LogP) is 2.23. The third-order valence-electron chi connectivity index (χ3n) is 4.94. The molecule has 2 aromatic carbocycles. The van der Waals surface area contributed by atoms with Gasteiger partial charge in [-0.2, -0.15) is 13.2 Å². The zero-order chi connectivity index (χ0) is 20.4. The van der Waals surface area contributed by atoms with Crippen LogP contribution in [0.1, 0.15) is 12.5 Å². The summed E-state index contributed by atoms with van der Waals surface area (Å²) in [7, 11) is -4.41. The van der Waals surface area contributed by atoms with Gasteiger partial charge in [0.1, 0.15) is 0 Å². The molecule has 9 heteroatoms. The Hall–Kier alpha value is -2.26. The van der Waals surface area contributed by atoms with Gasteiger partial charge >= 0.3 is 6.18 Å². The fraction of sp³-hybridized carbons (Fsp3) is 0.368. The van der Waals surface area contributed by atoms with Gasteiger partial charge in [-0.3, -0.25) is 4.72 Å². The fourth-order valence-electron chi connectivity index (χ4n) is 3.39. The number of alkyl halides is 3. The summed E-state index contributed by atoms with van der Waals surface area (Å²) >= 11 is 0. The van der Waals surface area contributed by atoms with E-state index in [1.54, 1.807) is 24.3 Å². The van der Waals surface area contributed by atoms with Crippen LogP contribution in [0.3, 0.4) is 0 Å². The smallest absolute Gasteiger partial charge is 0.359 e. The van der Waals surface area contributed by atoms with E-state index in [9.17, 15) is 21.6 Å². The van der Waals surface area contributed by atoms with E-state index in [1.165, 1.54) is 17.0 Å². The molecule has 0 atom stereocenters. The number of hydrogen-bond acceptors (Lipinski definition) is 3. The van der Waals surface area contributed by atoms with E-state index < -0.39 is 26.7 Å². The molecule has 2 N–H and O–H groups in total. The number of rotatable bonds is 5. The number of halogens is 3. The van der Waals surface area contributed by atoms with Gasteiger partial charge in [0.15, 0.2) is 0 Å². The summed E-state index contributed by atoms with van der Waals surface area (Å²) in [5.74, 6) is 0. The van der Waals surface area contributed by atoms with E-state index in [4.69, 9.17) is 0 Å². The highest BCUT2D eigenvalue weighted by atomic mass is 32.2. The first-order chi connectivity index (χ1) is 13.2. The lowest BCUT2D eigenvalue weighted by Crippen LogP contribution is -3.14. The van der Waals surface area contributed by atoms with Crippen molar-refractivity contribution in [1.82, 2.24) is 0 Å². The molecule has 0 unspecified atom stereocenters. The minimum absolute atomic E-state index is 0.277. The van der Waals surface area contributed by atoms with Crippen molar-refractivity contribution >= 4 is 21.4 Å². The number of hydrogen-bond donors (Lipinski definition) is 2. The molecule has 0 radical (unpaired) electrons. The molecule has 1 aliphatic rings. The van der Waals surface area contributed by atoms with Crippen molar-refractivity contribution in [3.8, 4) is 0 Å². The number of sulfonamides is 1. The third kappa shape index (κ3) is 4.41. The van der Waals surface area contributed by atoms with Gasteiger partial charge < -0.3 is 9.80 Å². The predicted molar refractivity (Wildman–Crippen MR) is 102 cm³/mol. The van der Waals surface area contributed by atoms with Crippen molar-refractivity contribution in [2.24, 2.45) is 0 Å². The van der Waals surface area contributed by atoms with Crippen LogP contribution in [0.5, 0.6) is 0 Å². The zero-order valence-corrected chi connectivity index (χ0v) is 16.3. The number of nitrogens with zero attached hydrogens (tertiary/aromatic N) is 1. The maximum atomic E-state index is 13.3. The molecule has 0 aliphatic carbocycles. The quantitative estimate of drug-likeness (QED) is 0.789. The molecule has 0 aromatic heterocycles. The fourth-order valence-corrected chi connectivity index (χ4v) is 4.69. The molecule has 3 rings (SSSR count). The number of quaternary nitrogens is 1. The molecule has 5 nitrogen and oxygen atoms in total. The Kier molecular flexibility index (Phi) is 5.85. The first kappa shape index (κ1) is 20.5. The van der Waals surface area contributed by atoms with E-state index in [0.717, 1.165) is 44.9 Å². The van der Waals surface area contributed by atoms with Gasteiger partial charge in [0.05, 0.1) is 54.6 Å². The molecule has 0 spiro atoms. The average molecular weight is 414 g/mol. The molecular formula is C19H23F3N3O2S+. The van der Waals surface area contributed by atoms with Gasteiger partial charge in [-0.15, -0.1) is 0 Å². The summed E-state index contributed by atoms with van der Waals surface area (Å²) in [4.78, 5) is 2.75. The first-order valence-corrected chi connectivity index (χ1v) is 10.6. The summed E-state index contributed by atoms with van der Waals surface area (Å²) in [6.45, 7) is 6.49. The number of para-hydroxylation sites is 2. The van der Waals surface area contributed by atoms with Gasteiger partial charge in [-0.05, 0) is 31.2 Å². The van der Waals surface area contributed by atoms with Crippen molar-refractivity contribution in [3.63, 3.8) is 0 Å². The molecule has 2 aromatic rings. The summed E-state index contributed by atoms with van der Waals surface area (Å²) in [5.41, 5.74) is -0.231. The van der Waals surface area contributed by atoms with E-state index >= 15 is 0 Å². The summed E-state index contributed by atoms with van der Waals surface area (Å²) in [6, 6.07) is 11.0. The second kappa shape index (κ2) is 8.00. The Morgan fingerprint density at radius 2 is 1.64 bits per heavy atom. The van der Waals surface area contributed by atoms with Crippen molar-refractivity contribution in [2.75, 3.05) is 42.3 Å². The standard InChI is InChI=1S/C19H22F3N3O2S/c1-2-24-11-13-25(14-12-24)17-9-5-4-8-16(17)23-28(26,27)18-10-6-3-7-15(18)19(20,21)22/h3-10,23H,2,11-14H2,1H3/p+1. The Bertz CT molecular complexity index is 924. The van der Waals surface area contributed by atoms with Gasteiger partial charge in [0, 0.05) is 0 Å². The van der Waals surface area contributed by atoms with Gasteiger partial charge in [-0.25, -0.2) is 8.42 Å². The van der Waals surface area contributed by atoms with Crippen LogP contribution < -0.4 is 14.5 Å². The highest BCUT2D eigenvalue weighted by molar-refractivity contribution is 7.92. The SMILES string of the molecule is CC[NH+]1CCN(c2ccccc2NS(=O)(=O)c2ccccc2C(F)(F)F)CC1. The van der Waals surface area contributed by atoms with E-state index in [0.29, 0.717) is 5.69 Å². The zero-order valence-electron chi connectivity index (χ0n) is 15.5. The Balaban J connectivity index is 1.91. The number of likely N-dealkylation sites (N-methyl/N-ethyl adjacent to an activating group) is 1. The van der Waals surface area contributed by atoms with Gasteiger partial charge in [0.2, 0.25) is 0 Å². The second-order valence-corrected chi connectivity index (χ2v) is 8.36. The molecule has 1 fully saturated rings. The van der Waals surface area contributed by atoms with Crippen molar-refractivity contribution < 1.29 is 26.5 Å². The Morgan fingerprint density at radius 3 is 2.29 bits per heavy atom. The highest BCUT2D eigenvalue weighted by Crippen LogP contribution is 2.35. The summed E-state index contributed by atoms with van der Waals surface area (Å²) in [6.07, 6.45) is -4.76. The third-order valence-corrected chi connectivity index (χ3v) is 6.37. The van der Waals surface area contributed by atoms with E-state index in [-0.39, 0.29) is 5.69 Å². The van der Waals surface area contributed by atoms with Crippen LogP contribution in [0, 0.1) is 0 Å². The van der Waals surface area contributed by atoms with Crippen LogP contribution in [-0.2, 0) is 16.2 Å². The molecule has 152 valence electrons. The van der Waals surface area contributed by atoms with Crippen LogP contribution in [0.4, 0.5) is 24.5 Å². The normalized spacial score (nSPS) is 16.2. The minimum Gasteiger partial charge on any atom is -0.359 e. The van der Waals surface area contributed by atoms with Gasteiger partial charge in [-0.1, -0.05) is 24.3 Å². The van der Waals surface area contributed by atoms with Crippen LogP contribution in [0.2, 0.25) is 0 Å².